The van der Waals surface area contributed by atoms with Gasteiger partial charge in [-0.05, 0) is 37.1 Å². The lowest BCUT2D eigenvalue weighted by Gasteiger charge is -2.21. The number of hydrogen-bond donors (Lipinski definition) is 1. The Morgan fingerprint density at radius 3 is 3.00 bits per heavy atom. The molecule has 4 rings (SSSR count). The molecule has 1 N–H and O–H groups in total. The predicted octanol–water partition coefficient (Wildman–Crippen LogP) is 1.80. The van der Waals surface area contributed by atoms with Crippen LogP contribution in [-0.2, 0) is 0 Å². The zero-order chi connectivity index (χ0) is 17.2. The van der Waals surface area contributed by atoms with E-state index in [0.29, 0.717) is 30.4 Å². The van der Waals surface area contributed by atoms with Crippen LogP contribution in [0, 0.1) is 0 Å². The van der Waals surface area contributed by atoms with E-state index < -0.39 is 5.56 Å². The second-order valence-electron chi connectivity index (χ2n) is 5.74. The Kier molecular flexibility index (Phi) is 3.85. The maximum Gasteiger partial charge on any atom is 0.260 e. The lowest BCUT2D eigenvalue weighted by atomic mass is 10.2. The van der Waals surface area contributed by atoms with Crippen LogP contribution in [0.1, 0.15) is 35.1 Å². The second kappa shape index (κ2) is 6.31. The highest BCUT2D eigenvalue weighted by atomic mass is 16.5. The smallest absolute Gasteiger partial charge is 0.260 e. The molecule has 126 valence electrons. The van der Waals surface area contributed by atoms with Crippen LogP contribution < -0.4 is 5.56 Å². The van der Waals surface area contributed by atoms with E-state index in [4.69, 9.17) is 4.52 Å². The van der Waals surface area contributed by atoms with Gasteiger partial charge >= 0.3 is 0 Å². The van der Waals surface area contributed by atoms with Crippen LogP contribution in [0.2, 0.25) is 0 Å². The van der Waals surface area contributed by atoms with Gasteiger partial charge in [0.1, 0.15) is 17.3 Å². The van der Waals surface area contributed by atoms with Crippen molar-refractivity contribution in [2.24, 2.45) is 0 Å². The molecule has 1 amide bonds. The molecule has 0 radical (unpaired) electrons. The maximum atomic E-state index is 12.7. The van der Waals surface area contributed by atoms with Gasteiger partial charge in [0.15, 0.2) is 0 Å². The summed E-state index contributed by atoms with van der Waals surface area (Å²) in [5.41, 5.74) is 0.310. The minimum atomic E-state index is -0.405. The number of amides is 1. The third-order valence-corrected chi connectivity index (χ3v) is 4.18. The molecule has 3 aromatic rings. The van der Waals surface area contributed by atoms with E-state index in [0.717, 1.165) is 6.42 Å². The van der Waals surface area contributed by atoms with Crippen LogP contribution in [-0.4, -0.2) is 37.5 Å². The summed E-state index contributed by atoms with van der Waals surface area (Å²) in [4.78, 5) is 37.3. The number of hydrogen-bond acceptors (Lipinski definition) is 6. The number of rotatable bonds is 3. The summed E-state index contributed by atoms with van der Waals surface area (Å²) in [5.74, 6) is 0.410. The molecule has 1 saturated heterocycles. The minimum absolute atomic E-state index is 0.110. The van der Waals surface area contributed by atoms with Gasteiger partial charge in [-0.2, -0.15) is 4.98 Å². The molecule has 4 heterocycles. The molecule has 1 fully saturated rings. The number of likely N-dealkylation sites (tertiary alicyclic amines) is 1. The number of aromatic amines is 1. The first kappa shape index (κ1) is 15.3. The standard InChI is InChI=1S/C17H15N5O3/c23-15-11(5-3-9-19-15)17(24)22-10-4-7-13(22)16-20-14(21-25-16)12-6-1-2-8-18-12/h1-3,5-6,8-9,13H,4,7,10H2,(H,19,23)/t13-/m0/s1. The molecule has 1 atom stereocenters. The van der Waals surface area contributed by atoms with Crippen LogP contribution in [0.15, 0.2) is 52.0 Å². The number of carbonyl (C=O) groups is 1. The molecule has 1 aliphatic rings. The lowest BCUT2D eigenvalue weighted by molar-refractivity contribution is 0.0708. The van der Waals surface area contributed by atoms with Gasteiger partial charge in [0.2, 0.25) is 11.7 Å². The molecular weight excluding hydrogens is 322 g/mol. The van der Waals surface area contributed by atoms with Crippen molar-refractivity contribution in [2.75, 3.05) is 6.54 Å². The fourth-order valence-corrected chi connectivity index (χ4v) is 2.98. The normalized spacial score (nSPS) is 17.0. The largest absolute Gasteiger partial charge is 0.337 e. The van der Waals surface area contributed by atoms with Crippen molar-refractivity contribution in [1.82, 2.24) is 25.0 Å². The van der Waals surface area contributed by atoms with E-state index in [1.54, 1.807) is 29.3 Å². The number of nitrogens with zero attached hydrogens (tertiary/aromatic N) is 4. The third kappa shape index (κ3) is 2.82. The second-order valence-corrected chi connectivity index (χ2v) is 5.74. The van der Waals surface area contributed by atoms with Gasteiger partial charge in [-0.15, -0.1) is 0 Å². The Hall–Kier alpha value is -3.29. The first-order valence-corrected chi connectivity index (χ1v) is 7.98. The molecule has 0 aromatic carbocycles. The van der Waals surface area contributed by atoms with Crippen molar-refractivity contribution in [3.05, 3.63) is 64.5 Å². The van der Waals surface area contributed by atoms with Crippen molar-refractivity contribution in [1.29, 1.82) is 0 Å². The van der Waals surface area contributed by atoms with E-state index >= 15 is 0 Å². The fourth-order valence-electron chi connectivity index (χ4n) is 2.98. The Morgan fingerprint density at radius 1 is 1.28 bits per heavy atom. The monoisotopic (exact) mass is 337 g/mol. The van der Waals surface area contributed by atoms with Crippen LogP contribution in [0.5, 0.6) is 0 Å². The first-order chi connectivity index (χ1) is 12.2. The van der Waals surface area contributed by atoms with Crippen LogP contribution in [0.25, 0.3) is 11.5 Å². The predicted molar refractivity (Wildman–Crippen MR) is 87.6 cm³/mol. The Balaban J connectivity index is 1.62. The molecular formula is C17H15N5O3. The van der Waals surface area contributed by atoms with Gasteiger partial charge in [0.05, 0.1) is 0 Å². The van der Waals surface area contributed by atoms with Gasteiger partial charge < -0.3 is 14.4 Å². The highest BCUT2D eigenvalue weighted by molar-refractivity contribution is 5.94. The molecule has 0 spiro atoms. The lowest BCUT2D eigenvalue weighted by Crippen LogP contribution is -2.34. The summed E-state index contributed by atoms with van der Waals surface area (Å²) in [7, 11) is 0. The number of carbonyl (C=O) groups excluding carboxylic acids is 1. The summed E-state index contributed by atoms with van der Waals surface area (Å²) < 4.78 is 5.37. The van der Waals surface area contributed by atoms with Crippen molar-refractivity contribution in [3.8, 4) is 11.5 Å². The molecule has 3 aromatic heterocycles. The molecule has 0 saturated carbocycles. The van der Waals surface area contributed by atoms with Gasteiger partial charge in [-0.1, -0.05) is 11.2 Å². The maximum absolute atomic E-state index is 12.7. The highest BCUT2D eigenvalue weighted by Crippen LogP contribution is 2.32. The topological polar surface area (TPSA) is 105 Å². The Bertz CT molecular complexity index is 950. The minimum Gasteiger partial charge on any atom is -0.337 e. The third-order valence-electron chi connectivity index (χ3n) is 4.18. The van der Waals surface area contributed by atoms with Crippen LogP contribution in [0.4, 0.5) is 0 Å². The molecule has 8 heteroatoms. The van der Waals surface area contributed by atoms with Crippen molar-refractivity contribution < 1.29 is 9.32 Å². The van der Waals surface area contributed by atoms with E-state index in [-0.39, 0.29) is 17.5 Å². The van der Waals surface area contributed by atoms with E-state index in [2.05, 4.69) is 20.1 Å². The van der Waals surface area contributed by atoms with Crippen molar-refractivity contribution >= 4 is 5.91 Å². The van der Waals surface area contributed by atoms with Gasteiger partial charge in [0, 0.05) is 18.9 Å². The summed E-state index contributed by atoms with van der Waals surface area (Å²) in [6.07, 6.45) is 4.67. The van der Waals surface area contributed by atoms with Crippen LogP contribution >= 0.6 is 0 Å². The molecule has 0 aliphatic carbocycles. The Labute approximate surface area is 142 Å². The van der Waals surface area contributed by atoms with Crippen molar-refractivity contribution in [2.45, 2.75) is 18.9 Å². The summed E-state index contributed by atoms with van der Waals surface area (Å²) in [5, 5.41) is 3.96. The number of H-pyrrole nitrogens is 1. The summed E-state index contributed by atoms with van der Waals surface area (Å²) in [6, 6.07) is 8.24. The summed E-state index contributed by atoms with van der Waals surface area (Å²) >= 11 is 0. The zero-order valence-electron chi connectivity index (χ0n) is 13.3. The van der Waals surface area contributed by atoms with Gasteiger partial charge in [-0.3, -0.25) is 14.6 Å². The molecule has 0 bridgehead atoms. The quantitative estimate of drug-likeness (QED) is 0.781. The number of pyridine rings is 2. The molecule has 8 nitrogen and oxygen atoms in total. The molecule has 25 heavy (non-hydrogen) atoms. The number of aromatic nitrogens is 4. The zero-order valence-corrected chi connectivity index (χ0v) is 13.3. The van der Waals surface area contributed by atoms with E-state index in [1.165, 1.54) is 12.3 Å². The number of nitrogens with one attached hydrogen (secondary N) is 1. The molecule has 0 unspecified atom stereocenters. The van der Waals surface area contributed by atoms with Crippen molar-refractivity contribution in [3.63, 3.8) is 0 Å². The fraction of sp³-hybridized carbons (Fsp3) is 0.235. The SMILES string of the molecule is O=C(c1ccc[nH]c1=O)N1CCC[C@H]1c1nc(-c2ccccn2)no1. The first-order valence-electron chi connectivity index (χ1n) is 7.98. The Morgan fingerprint density at radius 2 is 2.20 bits per heavy atom. The average molecular weight is 337 g/mol. The van der Waals surface area contributed by atoms with Gasteiger partial charge in [0.25, 0.3) is 11.5 Å². The van der Waals surface area contributed by atoms with Crippen LogP contribution in [0.3, 0.4) is 0 Å². The van der Waals surface area contributed by atoms with E-state index in [1.807, 2.05) is 6.07 Å². The molecule has 1 aliphatic heterocycles. The average Bonchev–Trinajstić information content (AvgIpc) is 3.31. The van der Waals surface area contributed by atoms with E-state index in [9.17, 15) is 9.59 Å². The van der Waals surface area contributed by atoms with Gasteiger partial charge in [-0.25, -0.2) is 0 Å². The summed E-state index contributed by atoms with van der Waals surface area (Å²) in [6.45, 7) is 0.541. The highest BCUT2D eigenvalue weighted by Gasteiger charge is 2.35.